The number of amides is 5. The second kappa shape index (κ2) is 7.43. The summed E-state index contributed by atoms with van der Waals surface area (Å²) in [4.78, 5) is 48.0. The fourth-order valence-corrected chi connectivity index (χ4v) is 2.42. The average Bonchev–Trinajstić information content (AvgIpc) is 2.77. The summed E-state index contributed by atoms with van der Waals surface area (Å²) in [7, 11) is 1.19. The Morgan fingerprint density at radius 3 is 2.12 bits per heavy atom. The summed E-state index contributed by atoms with van der Waals surface area (Å²) in [6, 6.07) is 6.58. The molecule has 3 N–H and O–H groups in total. The number of nitrogens with two attached hydrogens (primary N) is 1. The van der Waals surface area contributed by atoms with Gasteiger partial charge in [-0.2, -0.15) is 0 Å². The van der Waals surface area contributed by atoms with Crippen LogP contribution >= 0.6 is 0 Å². The van der Waals surface area contributed by atoms with E-state index < -0.39 is 36.3 Å². The molecule has 0 radical (unpaired) electrons. The van der Waals surface area contributed by atoms with Crippen LogP contribution in [0.5, 0.6) is 0 Å². The summed E-state index contributed by atoms with van der Waals surface area (Å²) in [5, 5.41) is 2.58. The predicted molar refractivity (Wildman–Crippen MR) is 90.3 cm³/mol. The van der Waals surface area contributed by atoms with Crippen LogP contribution in [0.25, 0.3) is 0 Å². The number of nitrogens with one attached hydrogen (secondary N) is 1. The van der Waals surface area contributed by atoms with Crippen molar-refractivity contribution in [2.24, 2.45) is 5.73 Å². The van der Waals surface area contributed by atoms with Crippen molar-refractivity contribution in [2.45, 2.75) is 25.8 Å². The molecule has 1 aliphatic heterocycles. The average molecular weight is 346 g/mol. The van der Waals surface area contributed by atoms with Gasteiger partial charge in [0.05, 0.1) is 0 Å². The van der Waals surface area contributed by atoms with Crippen molar-refractivity contribution in [3.05, 3.63) is 35.4 Å². The smallest absolute Gasteiger partial charge is 0.334 e. The number of hydrogen-bond acceptors (Lipinski definition) is 5. The molecule has 25 heavy (non-hydrogen) atoms. The highest BCUT2D eigenvalue weighted by Gasteiger charge is 2.42. The summed E-state index contributed by atoms with van der Waals surface area (Å²) in [6.45, 7) is 3.84. The third-order valence-corrected chi connectivity index (χ3v) is 4.10. The van der Waals surface area contributed by atoms with Crippen molar-refractivity contribution >= 4 is 23.8 Å². The van der Waals surface area contributed by atoms with Gasteiger partial charge in [0, 0.05) is 19.6 Å². The molecule has 1 heterocycles. The molecule has 1 atom stereocenters. The molecule has 1 aliphatic rings. The number of rotatable bonds is 6. The molecule has 0 spiro atoms. The summed E-state index contributed by atoms with van der Waals surface area (Å²) in [6.07, 6.45) is 0. The molecule has 5 amide bonds. The zero-order valence-corrected chi connectivity index (χ0v) is 14.5. The van der Waals surface area contributed by atoms with Crippen molar-refractivity contribution in [3.63, 3.8) is 0 Å². The topological polar surface area (TPSA) is 113 Å². The van der Waals surface area contributed by atoms with E-state index in [2.05, 4.69) is 19.2 Å². The van der Waals surface area contributed by atoms with E-state index >= 15 is 0 Å². The van der Waals surface area contributed by atoms with E-state index in [4.69, 9.17) is 5.73 Å². The molecular formula is C17H22N4O4. The molecule has 0 saturated carbocycles. The monoisotopic (exact) mass is 346 g/mol. The SMILES string of the molecule is CC(C)c1ccc(C(N)CNC(=O)CN2C(=O)C(=O)N(C)C2=O)cc1. The Labute approximate surface area is 145 Å². The van der Waals surface area contributed by atoms with Gasteiger partial charge in [-0.25, -0.2) is 9.69 Å². The maximum atomic E-state index is 11.9. The number of imide groups is 2. The Morgan fingerprint density at radius 1 is 1.08 bits per heavy atom. The van der Waals surface area contributed by atoms with Gasteiger partial charge in [0.15, 0.2) is 0 Å². The summed E-state index contributed by atoms with van der Waals surface area (Å²) in [5.41, 5.74) is 8.11. The quantitative estimate of drug-likeness (QED) is 0.570. The number of hydrogen-bond donors (Lipinski definition) is 2. The number of carbonyl (C=O) groups is 4. The molecule has 0 aliphatic carbocycles. The lowest BCUT2D eigenvalue weighted by molar-refractivity contribution is -0.143. The highest BCUT2D eigenvalue weighted by atomic mass is 16.2. The first-order chi connectivity index (χ1) is 11.7. The maximum absolute atomic E-state index is 11.9. The zero-order chi connectivity index (χ0) is 18.7. The first kappa shape index (κ1) is 18.6. The van der Waals surface area contributed by atoms with Gasteiger partial charge in [0.25, 0.3) is 0 Å². The van der Waals surface area contributed by atoms with E-state index in [0.29, 0.717) is 15.7 Å². The maximum Gasteiger partial charge on any atom is 0.334 e. The normalized spacial score (nSPS) is 16.0. The highest BCUT2D eigenvalue weighted by molar-refractivity contribution is 6.44. The lowest BCUT2D eigenvalue weighted by Gasteiger charge is -2.16. The Kier molecular flexibility index (Phi) is 5.53. The Morgan fingerprint density at radius 2 is 1.64 bits per heavy atom. The van der Waals surface area contributed by atoms with E-state index in [1.165, 1.54) is 12.6 Å². The Hall–Kier alpha value is -2.74. The largest absolute Gasteiger partial charge is 0.353 e. The van der Waals surface area contributed by atoms with Crippen molar-refractivity contribution in [3.8, 4) is 0 Å². The van der Waals surface area contributed by atoms with Gasteiger partial charge in [0.1, 0.15) is 6.54 Å². The van der Waals surface area contributed by atoms with Crippen LogP contribution in [0.1, 0.15) is 36.9 Å². The summed E-state index contributed by atoms with van der Waals surface area (Å²) < 4.78 is 0. The summed E-state index contributed by atoms with van der Waals surface area (Å²) >= 11 is 0. The van der Waals surface area contributed by atoms with Gasteiger partial charge in [0.2, 0.25) is 5.91 Å². The van der Waals surface area contributed by atoms with Gasteiger partial charge >= 0.3 is 17.8 Å². The van der Waals surface area contributed by atoms with Crippen LogP contribution in [-0.4, -0.2) is 53.7 Å². The van der Waals surface area contributed by atoms with Crippen molar-refractivity contribution in [1.29, 1.82) is 0 Å². The lowest BCUT2D eigenvalue weighted by Crippen LogP contribution is -2.42. The first-order valence-corrected chi connectivity index (χ1v) is 7.98. The molecule has 8 nitrogen and oxygen atoms in total. The number of benzene rings is 1. The minimum Gasteiger partial charge on any atom is -0.353 e. The fourth-order valence-electron chi connectivity index (χ4n) is 2.42. The van der Waals surface area contributed by atoms with Crippen LogP contribution in [0.15, 0.2) is 24.3 Å². The summed E-state index contributed by atoms with van der Waals surface area (Å²) in [5.74, 6) is -2.09. The molecule has 2 rings (SSSR count). The minimum atomic E-state index is -1.00. The molecule has 1 saturated heterocycles. The molecule has 1 aromatic rings. The molecule has 0 aromatic heterocycles. The van der Waals surface area contributed by atoms with Crippen LogP contribution in [-0.2, 0) is 14.4 Å². The van der Waals surface area contributed by atoms with Crippen LogP contribution in [0, 0.1) is 0 Å². The predicted octanol–water partition coefficient (Wildman–Crippen LogP) is 0.347. The molecule has 0 bridgehead atoms. The number of urea groups is 1. The van der Waals surface area contributed by atoms with Crippen LogP contribution in [0.2, 0.25) is 0 Å². The van der Waals surface area contributed by atoms with Gasteiger partial charge in [-0.05, 0) is 17.0 Å². The van der Waals surface area contributed by atoms with E-state index in [0.717, 1.165) is 5.56 Å². The van der Waals surface area contributed by atoms with E-state index in [1.807, 2.05) is 24.3 Å². The Bertz CT molecular complexity index is 699. The molecule has 1 aromatic carbocycles. The molecule has 134 valence electrons. The van der Waals surface area contributed by atoms with Crippen molar-refractivity contribution in [2.75, 3.05) is 20.1 Å². The second-order valence-corrected chi connectivity index (χ2v) is 6.27. The lowest BCUT2D eigenvalue weighted by atomic mass is 9.99. The number of carbonyl (C=O) groups excluding carboxylic acids is 4. The molecule has 1 unspecified atom stereocenters. The molecular weight excluding hydrogens is 324 g/mol. The van der Waals surface area contributed by atoms with E-state index in [-0.39, 0.29) is 6.54 Å². The van der Waals surface area contributed by atoms with Crippen molar-refractivity contribution < 1.29 is 19.2 Å². The zero-order valence-electron chi connectivity index (χ0n) is 14.5. The van der Waals surface area contributed by atoms with Crippen LogP contribution in [0.4, 0.5) is 4.79 Å². The fraction of sp³-hybridized carbons (Fsp3) is 0.412. The van der Waals surface area contributed by atoms with Crippen LogP contribution in [0.3, 0.4) is 0 Å². The minimum absolute atomic E-state index is 0.153. The van der Waals surface area contributed by atoms with Crippen molar-refractivity contribution in [1.82, 2.24) is 15.1 Å². The van der Waals surface area contributed by atoms with Gasteiger partial charge in [-0.15, -0.1) is 0 Å². The van der Waals surface area contributed by atoms with E-state index in [1.54, 1.807) is 0 Å². The molecule has 8 heteroatoms. The highest BCUT2D eigenvalue weighted by Crippen LogP contribution is 2.17. The standard InChI is InChI=1S/C17H22N4O4/c1-10(2)11-4-6-12(7-5-11)13(18)8-19-14(22)9-21-16(24)15(23)20(3)17(21)25/h4-7,10,13H,8-9,18H2,1-3H3,(H,19,22). The second-order valence-electron chi connectivity index (χ2n) is 6.27. The first-order valence-electron chi connectivity index (χ1n) is 7.98. The van der Waals surface area contributed by atoms with Gasteiger partial charge in [-0.3, -0.25) is 19.3 Å². The third-order valence-electron chi connectivity index (χ3n) is 4.10. The number of nitrogens with zero attached hydrogens (tertiary/aromatic N) is 2. The Balaban J connectivity index is 1.88. The number of likely N-dealkylation sites (N-methyl/N-ethyl adjacent to an activating group) is 1. The molecule has 1 fully saturated rings. The van der Waals surface area contributed by atoms with Gasteiger partial charge < -0.3 is 11.1 Å². The third kappa shape index (κ3) is 4.03. The van der Waals surface area contributed by atoms with Gasteiger partial charge in [-0.1, -0.05) is 38.1 Å². The van der Waals surface area contributed by atoms with E-state index in [9.17, 15) is 19.2 Å². The van der Waals surface area contributed by atoms with Crippen LogP contribution < -0.4 is 11.1 Å².